The van der Waals surface area contributed by atoms with E-state index < -0.39 is 32.5 Å². The smallest absolute Gasteiger partial charge is 0.462 e. The van der Waals surface area contributed by atoms with Crippen molar-refractivity contribution in [3.8, 4) is 0 Å². The molecule has 0 aromatic rings. The van der Waals surface area contributed by atoms with Crippen molar-refractivity contribution in [2.75, 3.05) is 19.0 Å². The highest BCUT2D eigenvalue weighted by molar-refractivity contribution is 8.13. The van der Waals surface area contributed by atoms with Crippen LogP contribution in [0.25, 0.3) is 0 Å². The van der Waals surface area contributed by atoms with Gasteiger partial charge in [0, 0.05) is 25.5 Å². The summed E-state index contributed by atoms with van der Waals surface area (Å²) >= 11 is 1.39. The molecular formula is C32H61O9PS. The van der Waals surface area contributed by atoms with Gasteiger partial charge in [-0.25, -0.2) is 4.57 Å². The third-order valence-corrected chi connectivity index (χ3v) is 8.61. The fourth-order valence-corrected chi connectivity index (χ4v) is 5.73. The lowest BCUT2D eigenvalue weighted by molar-refractivity contribution is -0.161. The summed E-state index contributed by atoms with van der Waals surface area (Å²) in [5, 5.41) is 0.182. The predicted molar refractivity (Wildman–Crippen MR) is 174 cm³/mol. The Bertz CT molecular complexity index is 744. The van der Waals surface area contributed by atoms with Gasteiger partial charge in [-0.3, -0.25) is 18.9 Å². The molecule has 0 aliphatic carbocycles. The molecule has 43 heavy (non-hydrogen) atoms. The minimum Gasteiger partial charge on any atom is -0.462 e. The Morgan fingerprint density at radius 2 is 1.05 bits per heavy atom. The molecule has 0 aliphatic heterocycles. The van der Waals surface area contributed by atoms with Gasteiger partial charge in [-0.05, 0) is 19.3 Å². The van der Waals surface area contributed by atoms with Crippen LogP contribution in [0.2, 0.25) is 0 Å². The molecule has 0 aromatic heterocycles. The van der Waals surface area contributed by atoms with E-state index in [9.17, 15) is 18.9 Å². The number of hydrogen-bond acceptors (Lipinski definition) is 8. The lowest BCUT2D eigenvalue weighted by Gasteiger charge is -2.18. The zero-order valence-electron chi connectivity index (χ0n) is 27.1. The zero-order valence-corrected chi connectivity index (χ0v) is 28.8. The lowest BCUT2D eigenvalue weighted by atomic mass is 10.0. The average Bonchev–Trinajstić information content (AvgIpc) is 2.95. The molecule has 0 aromatic carbocycles. The second-order valence-electron chi connectivity index (χ2n) is 11.5. The quantitative estimate of drug-likeness (QED) is 0.0424. The summed E-state index contributed by atoms with van der Waals surface area (Å²) < 4.78 is 26.2. The Kier molecular flexibility index (Phi) is 29.1. The van der Waals surface area contributed by atoms with E-state index in [0.717, 1.165) is 63.5 Å². The van der Waals surface area contributed by atoms with E-state index in [1.807, 2.05) is 0 Å². The lowest BCUT2D eigenvalue weighted by Crippen LogP contribution is -2.29. The van der Waals surface area contributed by atoms with Crippen LogP contribution in [0.3, 0.4) is 0 Å². The number of carbonyl (C=O) groups excluding carboxylic acids is 3. The monoisotopic (exact) mass is 652 g/mol. The molecule has 0 heterocycles. The van der Waals surface area contributed by atoms with Crippen molar-refractivity contribution in [3.05, 3.63) is 0 Å². The number of esters is 2. The molecule has 0 amide bonds. The Morgan fingerprint density at radius 3 is 1.49 bits per heavy atom. The van der Waals surface area contributed by atoms with Crippen LogP contribution in [0.4, 0.5) is 0 Å². The Hall–Kier alpha value is -0.930. The maximum Gasteiger partial charge on any atom is 0.469 e. The van der Waals surface area contributed by atoms with E-state index in [0.29, 0.717) is 12.8 Å². The Labute approximate surface area is 265 Å². The van der Waals surface area contributed by atoms with E-state index in [2.05, 4.69) is 11.4 Å². The van der Waals surface area contributed by atoms with Crippen LogP contribution < -0.4 is 0 Å². The first-order chi connectivity index (χ1) is 20.6. The van der Waals surface area contributed by atoms with E-state index in [1.165, 1.54) is 76.0 Å². The fourth-order valence-electron chi connectivity index (χ4n) is 4.73. The molecule has 2 N–H and O–H groups in total. The van der Waals surface area contributed by atoms with Gasteiger partial charge in [-0.1, -0.05) is 134 Å². The summed E-state index contributed by atoms with van der Waals surface area (Å²) in [6.45, 7) is 2.99. The van der Waals surface area contributed by atoms with Crippen LogP contribution in [0.15, 0.2) is 0 Å². The van der Waals surface area contributed by atoms with Gasteiger partial charge in [0.2, 0.25) is 0 Å². The zero-order chi connectivity index (χ0) is 32.0. The topological polar surface area (TPSA) is 136 Å². The molecule has 0 saturated carbocycles. The van der Waals surface area contributed by atoms with Gasteiger partial charge < -0.3 is 19.3 Å². The molecule has 254 valence electrons. The van der Waals surface area contributed by atoms with Crippen molar-refractivity contribution >= 4 is 36.6 Å². The number of thioether (sulfide) groups is 1. The van der Waals surface area contributed by atoms with E-state index >= 15 is 0 Å². The van der Waals surface area contributed by atoms with Crippen molar-refractivity contribution < 1.29 is 42.7 Å². The summed E-state index contributed by atoms with van der Waals surface area (Å²) in [6, 6.07) is 0. The highest BCUT2D eigenvalue weighted by Gasteiger charge is 2.22. The van der Waals surface area contributed by atoms with Crippen LogP contribution in [-0.2, 0) is 32.9 Å². The van der Waals surface area contributed by atoms with Crippen molar-refractivity contribution in [2.24, 2.45) is 0 Å². The number of phosphoric acid groups is 1. The first kappa shape index (κ1) is 42.1. The molecule has 11 heteroatoms. The number of hydrogen-bond donors (Lipinski definition) is 2. The number of unbranched alkanes of at least 4 members (excludes halogenated alkanes) is 19. The van der Waals surface area contributed by atoms with Crippen molar-refractivity contribution in [3.63, 3.8) is 0 Å². The minimum atomic E-state index is -4.75. The summed E-state index contributed by atoms with van der Waals surface area (Å²) in [4.78, 5) is 53.4. The second kappa shape index (κ2) is 29.8. The minimum absolute atomic E-state index is 0.182. The summed E-state index contributed by atoms with van der Waals surface area (Å²) in [7, 11) is -4.75. The number of ether oxygens (including phenoxy) is 2. The second-order valence-corrected chi connectivity index (χ2v) is 14.0. The normalized spacial score (nSPS) is 12.3. The van der Waals surface area contributed by atoms with Gasteiger partial charge in [0.15, 0.2) is 11.2 Å². The summed E-state index contributed by atoms with van der Waals surface area (Å²) in [6.07, 6.45) is 23.1. The van der Waals surface area contributed by atoms with Gasteiger partial charge in [-0.15, -0.1) is 0 Å². The Morgan fingerprint density at radius 1 is 0.628 bits per heavy atom. The number of rotatable bonds is 31. The van der Waals surface area contributed by atoms with Crippen LogP contribution in [0.5, 0.6) is 0 Å². The van der Waals surface area contributed by atoms with Crippen molar-refractivity contribution in [1.82, 2.24) is 0 Å². The summed E-state index contributed by atoms with van der Waals surface area (Å²) in [5.74, 6) is -0.0101. The SMILES string of the molecule is CCCCCCCCCCCCCCC(=O)O[C@@H](COC(=O)CCCCCCCCCCCSC(C)=O)COP(=O)(O)O. The highest BCUT2D eigenvalue weighted by Crippen LogP contribution is 2.36. The molecule has 0 unspecified atom stereocenters. The van der Waals surface area contributed by atoms with E-state index in [4.69, 9.17) is 19.3 Å². The standard InChI is InChI=1S/C32H61O9PS/c1-3-4-5-6-7-8-9-10-12-16-19-22-25-32(35)41-30(28-40-42(36,37)38)27-39-31(34)24-21-18-15-13-11-14-17-20-23-26-43-29(2)33/h30H,3-28H2,1-2H3,(H2,36,37,38)/t30-/m0/s1. The number of phosphoric ester groups is 1. The van der Waals surface area contributed by atoms with Gasteiger partial charge >= 0.3 is 19.8 Å². The van der Waals surface area contributed by atoms with Crippen LogP contribution >= 0.6 is 19.6 Å². The molecule has 0 spiro atoms. The van der Waals surface area contributed by atoms with Crippen molar-refractivity contribution in [1.29, 1.82) is 0 Å². The van der Waals surface area contributed by atoms with Gasteiger partial charge in [-0.2, -0.15) is 0 Å². The van der Waals surface area contributed by atoms with Gasteiger partial charge in [0.1, 0.15) is 6.61 Å². The third-order valence-electron chi connectivity index (χ3n) is 7.22. The maximum absolute atomic E-state index is 12.3. The largest absolute Gasteiger partial charge is 0.469 e. The maximum atomic E-state index is 12.3. The van der Waals surface area contributed by atoms with Crippen LogP contribution in [0, 0.1) is 0 Å². The Balaban J connectivity index is 3.97. The highest BCUT2D eigenvalue weighted by atomic mass is 32.2. The molecule has 9 nitrogen and oxygen atoms in total. The molecule has 0 aliphatic rings. The fraction of sp³-hybridized carbons (Fsp3) is 0.906. The van der Waals surface area contributed by atoms with Crippen LogP contribution in [-0.4, -0.2) is 51.9 Å². The molecule has 0 radical (unpaired) electrons. The molecule has 0 fully saturated rings. The molecule has 0 bridgehead atoms. The van der Waals surface area contributed by atoms with E-state index in [-0.39, 0.29) is 24.6 Å². The average molecular weight is 653 g/mol. The molecular weight excluding hydrogens is 591 g/mol. The molecule has 0 rings (SSSR count). The first-order valence-corrected chi connectivity index (χ1v) is 19.3. The van der Waals surface area contributed by atoms with Crippen LogP contribution in [0.1, 0.15) is 162 Å². The van der Waals surface area contributed by atoms with Gasteiger partial charge in [0.05, 0.1) is 6.61 Å². The van der Waals surface area contributed by atoms with Crippen molar-refractivity contribution in [2.45, 2.75) is 168 Å². The molecule has 0 saturated heterocycles. The van der Waals surface area contributed by atoms with Gasteiger partial charge in [0.25, 0.3) is 0 Å². The number of carbonyl (C=O) groups is 3. The predicted octanol–water partition coefficient (Wildman–Crippen LogP) is 8.82. The molecule has 1 atom stereocenters. The first-order valence-electron chi connectivity index (χ1n) is 16.8. The summed E-state index contributed by atoms with van der Waals surface area (Å²) in [5.41, 5.74) is 0. The van der Waals surface area contributed by atoms with E-state index in [1.54, 1.807) is 6.92 Å². The third kappa shape index (κ3) is 33.8.